The van der Waals surface area contributed by atoms with Gasteiger partial charge in [0.1, 0.15) is 11.5 Å². The van der Waals surface area contributed by atoms with E-state index in [4.69, 9.17) is 4.74 Å². The number of ether oxygens (including phenoxy) is 2. The number of nitrogens with one attached hydrogen (secondary N) is 1. The molecule has 0 radical (unpaired) electrons. The van der Waals surface area contributed by atoms with E-state index in [9.17, 15) is 13.6 Å². The van der Waals surface area contributed by atoms with E-state index in [1.165, 1.54) is 26.2 Å². The van der Waals surface area contributed by atoms with Crippen LogP contribution in [0.5, 0.6) is 11.5 Å². The highest BCUT2D eigenvalue weighted by atomic mass is 19.3. The maximum absolute atomic E-state index is 12.6. The summed E-state index contributed by atoms with van der Waals surface area (Å²) in [6.07, 6.45) is 3.32. The minimum absolute atomic E-state index is 0.0117. The number of pyridine rings is 1. The van der Waals surface area contributed by atoms with Gasteiger partial charge in [0.05, 0.1) is 12.8 Å². The van der Waals surface area contributed by atoms with Crippen LogP contribution in [0.15, 0.2) is 60.9 Å². The number of hydrogen-bond donors (Lipinski definition) is 1. The molecule has 0 saturated carbocycles. The van der Waals surface area contributed by atoms with Crippen LogP contribution in [-0.2, 0) is 4.79 Å². The summed E-state index contributed by atoms with van der Waals surface area (Å²) in [7, 11) is 1.51. The highest BCUT2D eigenvalue weighted by molar-refractivity contribution is 5.98. The maximum atomic E-state index is 12.6. The van der Waals surface area contributed by atoms with E-state index >= 15 is 0 Å². The van der Waals surface area contributed by atoms with E-state index in [-0.39, 0.29) is 11.7 Å². The molecule has 3 rings (SSSR count). The van der Waals surface area contributed by atoms with Crippen molar-refractivity contribution in [3.63, 3.8) is 0 Å². The number of amides is 1. The van der Waals surface area contributed by atoms with Gasteiger partial charge in [-0.15, -0.1) is 0 Å². The van der Waals surface area contributed by atoms with Crippen LogP contribution in [0.25, 0.3) is 22.3 Å². The van der Waals surface area contributed by atoms with Crippen LogP contribution in [0, 0.1) is 0 Å². The van der Waals surface area contributed by atoms with Crippen LogP contribution < -0.4 is 14.8 Å². The van der Waals surface area contributed by atoms with E-state index in [1.807, 2.05) is 18.2 Å². The molecule has 0 aliphatic heterocycles. The van der Waals surface area contributed by atoms with Gasteiger partial charge < -0.3 is 14.8 Å². The molecule has 1 heterocycles. The van der Waals surface area contributed by atoms with E-state index in [2.05, 4.69) is 15.0 Å². The number of nitrogens with zero attached hydrogens (tertiary/aromatic N) is 1. The molecular weight excluding hydrogens is 366 g/mol. The fourth-order valence-electron chi connectivity index (χ4n) is 2.96. The van der Waals surface area contributed by atoms with Gasteiger partial charge in [-0.1, -0.05) is 12.1 Å². The van der Waals surface area contributed by atoms with Crippen molar-refractivity contribution in [3.05, 3.63) is 60.9 Å². The fourth-order valence-corrected chi connectivity index (χ4v) is 2.96. The molecule has 3 aromatic rings. The summed E-state index contributed by atoms with van der Waals surface area (Å²) in [5.74, 6) is 0.240. The van der Waals surface area contributed by atoms with E-state index in [0.717, 1.165) is 11.1 Å². The lowest BCUT2D eigenvalue weighted by atomic mass is 9.95. The molecule has 7 heteroatoms. The van der Waals surface area contributed by atoms with Crippen LogP contribution in [-0.4, -0.2) is 24.6 Å². The lowest BCUT2D eigenvalue weighted by Gasteiger charge is -2.19. The second-order valence-corrected chi connectivity index (χ2v) is 5.89. The Labute approximate surface area is 160 Å². The Balaban J connectivity index is 2.23. The van der Waals surface area contributed by atoms with Gasteiger partial charge in [-0.05, 0) is 47.5 Å². The van der Waals surface area contributed by atoms with Gasteiger partial charge in [-0.3, -0.25) is 9.78 Å². The number of carbonyl (C=O) groups excluding carboxylic acids is 1. The summed E-state index contributed by atoms with van der Waals surface area (Å²) < 4.78 is 35.4. The van der Waals surface area contributed by atoms with Gasteiger partial charge >= 0.3 is 6.61 Å². The summed E-state index contributed by atoms with van der Waals surface area (Å²) in [5, 5.41) is 2.77. The van der Waals surface area contributed by atoms with E-state index in [1.54, 1.807) is 30.6 Å². The number of alkyl halides is 2. The minimum Gasteiger partial charge on any atom is -0.495 e. The summed E-state index contributed by atoms with van der Waals surface area (Å²) >= 11 is 0. The fraction of sp³-hybridized carbons (Fsp3) is 0.143. The molecule has 0 atom stereocenters. The topological polar surface area (TPSA) is 60.5 Å². The Morgan fingerprint density at radius 2 is 1.82 bits per heavy atom. The number of anilines is 1. The molecule has 0 aliphatic carbocycles. The number of carbonyl (C=O) groups is 1. The number of hydrogen-bond acceptors (Lipinski definition) is 4. The van der Waals surface area contributed by atoms with Crippen molar-refractivity contribution in [3.8, 4) is 33.8 Å². The number of aromatic nitrogens is 1. The standard InChI is InChI=1S/C21H18F2N2O3/c1-13(26)25-18-7-6-17(14-8-10-24-11-9-14)20(27-2)19(18)15-4-3-5-16(12-15)28-21(22)23/h3-12,21H,1-2H3,(H,25,26). The third-order valence-corrected chi connectivity index (χ3v) is 4.01. The average molecular weight is 384 g/mol. The molecule has 0 unspecified atom stereocenters. The van der Waals surface area contributed by atoms with Crippen molar-refractivity contribution < 1.29 is 23.0 Å². The largest absolute Gasteiger partial charge is 0.495 e. The Kier molecular flexibility index (Phi) is 5.84. The molecule has 0 spiro atoms. The molecule has 0 saturated heterocycles. The maximum Gasteiger partial charge on any atom is 0.387 e. The van der Waals surface area contributed by atoms with Gasteiger partial charge in [0, 0.05) is 30.4 Å². The molecule has 1 aromatic heterocycles. The highest BCUT2D eigenvalue weighted by Crippen LogP contribution is 2.44. The zero-order chi connectivity index (χ0) is 20.1. The van der Waals surface area contributed by atoms with Gasteiger partial charge in [0.25, 0.3) is 0 Å². The van der Waals surface area contributed by atoms with Crippen molar-refractivity contribution in [2.75, 3.05) is 12.4 Å². The van der Waals surface area contributed by atoms with Crippen LogP contribution in [0.4, 0.5) is 14.5 Å². The lowest BCUT2D eigenvalue weighted by molar-refractivity contribution is -0.114. The summed E-state index contributed by atoms with van der Waals surface area (Å²) in [5.41, 5.74) is 3.26. The molecule has 0 bridgehead atoms. The SMILES string of the molecule is COc1c(-c2ccncc2)ccc(NC(C)=O)c1-c1cccc(OC(F)F)c1. The highest BCUT2D eigenvalue weighted by Gasteiger charge is 2.19. The van der Waals surface area contributed by atoms with Gasteiger partial charge in [0.15, 0.2) is 0 Å². The third-order valence-electron chi connectivity index (χ3n) is 4.01. The third kappa shape index (κ3) is 4.25. The Morgan fingerprint density at radius 3 is 2.46 bits per heavy atom. The number of methoxy groups -OCH3 is 1. The van der Waals surface area contributed by atoms with Crippen molar-refractivity contribution in [1.82, 2.24) is 4.98 Å². The van der Waals surface area contributed by atoms with Crippen LogP contribution in [0.3, 0.4) is 0 Å². The van der Waals surface area contributed by atoms with Crippen LogP contribution >= 0.6 is 0 Å². The summed E-state index contributed by atoms with van der Waals surface area (Å²) in [6, 6.07) is 13.5. The van der Waals surface area contributed by atoms with Crippen molar-refractivity contribution in [1.29, 1.82) is 0 Å². The first-order valence-corrected chi connectivity index (χ1v) is 8.44. The Hall–Kier alpha value is -3.48. The van der Waals surface area contributed by atoms with Crippen molar-refractivity contribution in [2.45, 2.75) is 13.5 Å². The van der Waals surface area contributed by atoms with Crippen molar-refractivity contribution in [2.24, 2.45) is 0 Å². The quantitative estimate of drug-likeness (QED) is 0.651. The number of benzene rings is 2. The second-order valence-electron chi connectivity index (χ2n) is 5.89. The predicted octanol–water partition coefficient (Wildman–Crippen LogP) is 4.98. The zero-order valence-corrected chi connectivity index (χ0v) is 15.3. The zero-order valence-electron chi connectivity index (χ0n) is 15.3. The molecule has 1 amide bonds. The lowest BCUT2D eigenvalue weighted by Crippen LogP contribution is -2.08. The first-order chi connectivity index (χ1) is 13.5. The van der Waals surface area contributed by atoms with Crippen molar-refractivity contribution >= 4 is 11.6 Å². The monoisotopic (exact) mass is 384 g/mol. The predicted molar refractivity (Wildman–Crippen MR) is 103 cm³/mol. The summed E-state index contributed by atoms with van der Waals surface area (Å²) in [4.78, 5) is 15.7. The molecule has 0 aliphatic rings. The molecular formula is C21H18F2N2O3. The second kappa shape index (κ2) is 8.47. The molecule has 28 heavy (non-hydrogen) atoms. The summed E-state index contributed by atoms with van der Waals surface area (Å²) in [6.45, 7) is -1.54. The minimum atomic E-state index is -2.94. The molecule has 0 fully saturated rings. The van der Waals surface area contributed by atoms with Gasteiger partial charge in [-0.2, -0.15) is 8.78 Å². The number of rotatable bonds is 6. The number of halogens is 2. The molecule has 5 nitrogen and oxygen atoms in total. The Bertz CT molecular complexity index is 979. The molecule has 1 N–H and O–H groups in total. The smallest absolute Gasteiger partial charge is 0.387 e. The van der Waals surface area contributed by atoms with E-state index in [0.29, 0.717) is 22.6 Å². The first-order valence-electron chi connectivity index (χ1n) is 8.44. The van der Waals surface area contributed by atoms with E-state index < -0.39 is 6.61 Å². The van der Waals surface area contributed by atoms with Crippen LogP contribution in [0.2, 0.25) is 0 Å². The molecule has 2 aromatic carbocycles. The average Bonchev–Trinajstić information content (AvgIpc) is 2.67. The molecule has 144 valence electrons. The van der Waals surface area contributed by atoms with Crippen LogP contribution in [0.1, 0.15) is 6.92 Å². The normalized spacial score (nSPS) is 10.6. The Morgan fingerprint density at radius 1 is 1.07 bits per heavy atom. The van der Waals surface area contributed by atoms with Gasteiger partial charge in [-0.25, -0.2) is 0 Å². The van der Waals surface area contributed by atoms with Gasteiger partial charge in [0.2, 0.25) is 5.91 Å². The first kappa shape index (κ1) is 19.3.